The number of pyridine rings is 1. The van der Waals surface area contributed by atoms with Crippen LogP contribution in [0, 0.1) is 0 Å². The second-order valence-electron chi connectivity index (χ2n) is 9.34. The smallest absolute Gasteiger partial charge is 0.224 e. The molecule has 1 amide bonds. The van der Waals surface area contributed by atoms with Gasteiger partial charge < -0.3 is 15.4 Å². The maximum absolute atomic E-state index is 13.5. The molecule has 36 heavy (non-hydrogen) atoms. The van der Waals surface area contributed by atoms with E-state index in [-0.39, 0.29) is 18.4 Å². The molecular formula is C30H33N3O2S. The monoisotopic (exact) mass is 499 g/mol. The summed E-state index contributed by atoms with van der Waals surface area (Å²) in [6, 6.07) is 22.8. The number of hydrogen-bond acceptors (Lipinski definition) is 5. The maximum Gasteiger partial charge on any atom is 0.224 e. The summed E-state index contributed by atoms with van der Waals surface area (Å²) < 4.78 is 6.26. The molecule has 5 rings (SSSR count). The van der Waals surface area contributed by atoms with E-state index in [0.29, 0.717) is 19.3 Å². The summed E-state index contributed by atoms with van der Waals surface area (Å²) in [6.45, 7) is 4.25. The van der Waals surface area contributed by atoms with Crippen molar-refractivity contribution in [2.24, 2.45) is 0 Å². The molecule has 5 nitrogen and oxygen atoms in total. The van der Waals surface area contributed by atoms with Gasteiger partial charge in [-0.05, 0) is 54.4 Å². The highest BCUT2D eigenvalue weighted by molar-refractivity contribution is 7.13. The number of rotatable bonds is 10. The number of para-hydroxylation sites is 1. The molecule has 0 saturated carbocycles. The molecule has 2 N–H and O–H groups in total. The fraction of sp³-hybridized carbons (Fsp3) is 0.333. The normalized spacial score (nSPS) is 16.3. The third-order valence-electron chi connectivity index (χ3n) is 6.88. The second-order valence-corrected chi connectivity index (χ2v) is 10.3. The van der Waals surface area contributed by atoms with E-state index < -0.39 is 0 Å². The number of ether oxygens (including phenoxy) is 1. The van der Waals surface area contributed by atoms with Crippen LogP contribution in [0.5, 0.6) is 0 Å². The van der Waals surface area contributed by atoms with Crippen molar-refractivity contribution in [3.63, 3.8) is 0 Å². The molecule has 0 aliphatic carbocycles. The Morgan fingerprint density at radius 3 is 2.69 bits per heavy atom. The Balaban J connectivity index is 1.48. The molecule has 2 aromatic carbocycles. The summed E-state index contributed by atoms with van der Waals surface area (Å²) in [6.07, 6.45) is 3.45. The molecule has 1 aliphatic heterocycles. The van der Waals surface area contributed by atoms with Crippen LogP contribution in [0.2, 0.25) is 0 Å². The van der Waals surface area contributed by atoms with Crippen molar-refractivity contribution in [1.82, 2.24) is 15.6 Å². The van der Waals surface area contributed by atoms with E-state index in [2.05, 4.69) is 47.2 Å². The molecule has 0 spiro atoms. The Bertz CT molecular complexity index is 1280. The number of nitrogens with one attached hydrogen (secondary N) is 2. The number of nitrogens with zero attached hydrogens (tertiary/aromatic N) is 1. The van der Waals surface area contributed by atoms with Crippen molar-refractivity contribution < 1.29 is 9.53 Å². The van der Waals surface area contributed by atoms with Crippen LogP contribution in [0.15, 0.2) is 72.1 Å². The average Bonchev–Trinajstić information content (AvgIpc) is 3.63. The summed E-state index contributed by atoms with van der Waals surface area (Å²) in [5.41, 5.74) is 4.96. The van der Waals surface area contributed by atoms with E-state index >= 15 is 0 Å². The van der Waals surface area contributed by atoms with Gasteiger partial charge >= 0.3 is 0 Å². The molecule has 4 aromatic rings. The van der Waals surface area contributed by atoms with Gasteiger partial charge in [-0.15, -0.1) is 11.3 Å². The number of carbonyl (C=O) groups is 1. The Labute approximate surface area is 216 Å². The quantitative estimate of drug-likeness (QED) is 0.279. The number of carbonyl (C=O) groups excluding carboxylic acids is 1. The van der Waals surface area contributed by atoms with Gasteiger partial charge in [-0.3, -0.25) is 4.79 Å². The molecular weight excluding hydrogens is 466 g/mol. The molecule has 1 saturated heterocycles. The van der Waals surface area contributed by atoms with Crippen LogP contribution in [-0.4, -0.2) is 30.1 Å². The average molecular weight is 500 g/mol. The molecule has 6 heteroatoms. The lowest BCUT2D eigenvalue weighted by Crippen LogP contribution is -2.30. The highest BCUT2D eigenvalue weighted by atomic mass is 32.1. The third-order valence-corrected chi connectivity index (χ3v) is 7.75. The zero-order valence-electron chi connectivity index (χ0n) is 20.7. The van der Waals surface area contributed by atoms with Gasteiger partial charge in [0.15, 0.2) is 0 Å². The summed E-state index contributed by atoms with van der Waals surface area (Å²) in [5.74, 6) is 0.0119. The lowest BCUT2D eigenvalue weighted by Gasteiger charge is -2.20. The molecule has 2 aromatic heterocycles. The Morgan fingerprint density at radius 2 is 1.94 bits per heavy atom. The largest absolute Gasteiger partial charge is 0.375 e. The molecule has 2 atom stereocenters. The van der Waals surface area contributed by atoms with E-state index in [1.807, 2.05) is 42.5 Å². The minimum atomic E-state index is -0.0169. The number of thiophene rings is 1. The van der Waals surface area contributed by atoms with Crippen LogP contribution in [0.3, 0.4) is 0 Å². The van der Waals surface area contributed by atoms with Crippen LogP contribution in [0.4, 0.5) is 0 Å². The zero-order chi connectivity index (χ0) is 24.7. The van der Waals surface area contributed by atoms with E-state index in [1.165, 1.54) is 6.42 Å². The lowest BCUT2D eigenvalue weighted by atomic mass is 9.96. The first kappa shape index (κ1) is 24.6. The summed E-state index contributed by atoms with van der Waals surface area (Å²) >= 11 is 1.67. The van der Waals surface area contributed by atoms with Crippen molar-refractivity contribution in [2.75, 3.05) is 13.2 Å². The SMILES string of the molecule is CC[C@H](NC(=O)Cc1c(COC[C@@H]2CCCN2)c(-c2cccs2)nc2ccccc12)c1ccccc1. The number of amides is 1. The third kappa shape index (κ3) is 5.67. The number of fused-ring (bicyclic) bond motifs is 1. The fourth-order valence-electron chi connectivity index (χ4n) is 5.01. The van der Waals surface area contributed by atoms with E-state index in [9.17, 15) is 4.79 Å². The maximum atomic E-state index is 13.5. The molecule has 0 radical (unpaired) electrons. The van der Waals surface area contributed by atoms with Crippen LogP contribution < -0.4 is 10.6 Å². The number of aromatic nitrogens is 1. The van der Waals surface area contributed by atoms with Gasteiger partial charge in [0.2, 0.25) is 5.91 Å². The van der Waals surface area contributed by atoms with Crippen LogP contribution >= 0.6 is 11.3 Å². The summed E-state index contributed by atoms with van der Waals surface area (Å²) in [7, 11) is 0. The van der Waals surface area contributed by atoms with Crippen molar-refractivity contribution in [2.45, 2.75) is 51.3 Å². The highest BCUT2D eigenvalue weighted by Gasteiger charge is 2.22. The van der Waals surface area contributed by atoms with Crippen LogP contribution in [0.1, 0.15) is 48.9 Å². The van der Waals surface area contributed by atoms with Gasteiger partial charge in [0.25, 0.3) is 0 Å². The van der Waals surface area contributed by atoms with Gasteiger partial charge in [0.1, 0.15) is 0 Å². The minimum Gasteiger partial charge on any atom is -0.375 e. The first-order chi connectivity index (χ1) is 17.7. The van der Waals surface area contributed by atoms with Gasteiger partial charge in [-0.25, -0.2) is 4.98 Å². The Hall–Kier alpha value is -3.06. The van der Waals surface area contributed by atoms with Crippen LogP contribution in [0.25, 0.3) is 21.5 Å². The first-order valence-electron chi connectivity index (χ1n) is 12.8. The standard InChI is InChI=1S/C30H33N3O2S/c1-2-26(21-10-4-3-5-11-21)32-29(34)18-24-23-13-6-7-14-27(23)33-30(28-15-9-17-36-28)25(24)20-35-19-22-12-8-16-31-22/h3-7,9-11,13-15,17,22,26,31H,2,8,12,16,18-20H2,1H3,(H,32,34)/t22-,26-/m0/s1. The topological polar surface area (TPSA) is 63.2 Å². The predicted octanol–water partition coefficient (Wildman–Crippen LogP) is 6.04. The van der Waals surface area contributed by atoms with E-state index in [0.717, 1.165) is 57.6 Å². The highest BCUT2D eigenvalue weighted by Crippen LogP contribution is 2.34. The fourth-order valence-corrected chi connectivity index (χ4v) is 5.75. The Kier molecular flexibility index (Phi) is 8.06. The number of hydrogen-bond donors (Lipinski definition) is 2. The first-order valence-corrected chi connectivity index (χ1v) is 13.7. The van der Waals surface area contributed by atoms with Crippen molar-refractivity contribution in [3.05, 3.63) is 88.8 Å². The minimum absolute atomic E-state index is 0.0119. The van der Waals surface area contributed by atoms with Crippen molar-refractivity contribution in [1.29, 1.82) is 0 Å². The molecule has 0 unspecified atom stereocenters. The van der Waals surface area contributed by atoms with Crippen molar-refractivity contribution in [3.8, 4) is 10.6 Å². The van der Waals surface area contributed by atoms with Crippen molar-refractivity contribution >= 4 is 28.1 Å². The summed E-state index contributed by atoms with van der Waals surface area (Å²) in [5, 5.41) is 9.85. The molecule has 1 fully saturated rings. The van der Waals surface area contributed by atoms with Gasteiger partial charge in [-0.1, -0.05) is 61.5 Å². The van der Waals surface area contributed by atoms with Gasteiger partial charge in [0, 0.05) is 17.0 Å². The lowest BCUT2D eigenvalue weighted by molar-refractivity contribution is -0.121. The van der Waals surface area contributed by atoms with E-state index in [4.69, 9.17) is 9.72 Å². The van der Waals surface area contributed by atoms with Gasteiger partial charge in [0.05, 0.1) is 41.8 Å². The predicted molar refractivity (Wildman–Crippen MR) is 147 cm³/mol. The Morgan fingerprint density at radius 1 is 1.11 bits per heavy atom. The summed E-state index contributed by atoms with van der Waals surface area (Å²) in [4.78, 5) is 19.6. The second kappa shape index (κ2) is 11.8. The molecule has 0 bridgehead atoms. The molecule has 1 aliphatic rings. The van der Waals surface area contributed by atoms with E-state index in [1.54, 1.807) is 11.3 Å². The molecule has 186 valence electrons. The van der Waals surface area contributed by atoms with Gasteiger partial charge in [-0.2, -0.15) is 0 Å². The molecule has 3 heterocycles. The number of benzene rings is 2. The van der Waals surface area contributed by atoms with Crippen LogP contribution in [-0.2, 0) is 22.6 Å². The zero-order valence-corrected chi connectivity index (χ0v) is 21.5.